The summed E-state index contributed by atoms with van der Waals surface area (Å²) in [5.41, 5.74) is 5.69. The first-order chi connectivity index (χ1) is 8.89. The van der Waals surface area contributed by atoms with Crippen molar-refractivity contribution >= 4 is 0 Å². The summed E-state index contributed by atoms with van der Waals surface area (Å²) in [7, 11) is 1.66. The Hall–Kier alpha value is -0.970. The summed E-state index contributed by atoms with van der Waals surface area (Å²) in [4.78, 5) is 0. The van der Waals surface area contributed by atoms with E-state index in [-0.39, 0.29) is 24.6 Å². The molecule has 19 heavy (non-hydrogen) atoms. The first-order valence-electron chi connectivity index (χ1n) is 6.51. The number of halogens is 1. The third-order valence-electron chi connectivity index (χ3n) is 3.89. The molecule has 0 radical (unpaired) electrons. The van der Waals surface area contributed by atoms with Crippen LogP contribution in [0.4, 0.5) is 4.39 Å². The summed E-state index contributed by atoms with van der Waals surface area (Å²) in [5, 5.41) is 9.75. The van der Waals surface area contributed by atoms with E-state index in [1.54, 1.807) is 13.2 Å². The van der Waals surface area contributed by atoms with Gasteiger partial charge in [0.1, 0.15) is 5.82 Å². The van der Waals surface area contributed by atoms with E-state index in [9.17, 15) is 9.50 Å². The minimum absolute atomic E-state index is 0.104. The van der Waals surface area contributed by atoms with Gasteiger partial charge in [0.15, 0.2) is 0 Å². The molecule has 1 aromatic carbocycles. The van der Waals surface area contributed by atoms with Crippen LogP contribution in [0.2, 0.25) is 0 Å². The Morgan fingerprint density at radius 3 is 2.47 bits per heavy atom. The van der Waals surface area contributed by atoms with Gasteiger partial charge in [-0.25, -0.2) is 4.39 Å². The highest BCUT2D eigenvalue weighted by molar-refractivity contribution is 5.27. The van der Waals surface area contributed by atoms with Gasteiger partial charge in [-0.2, -0.15) is 0 Å². The van der Waals surface area contributed by atoms with Gasteiger partial charge >= 0.3 is 0 Å². The van der Waals surface area contributed by atoms with Crippen molar-refractivity contribution in [1.82, 2.24) is 0 Å². The average Bonchev–Trinajstić information content (AvgIpc) is 2.41. The van der Waals surface area contributed by atoms with E-state index in [0.717, 1.165) is 12.0 Å². The van der Waals surface area contributed by atoms with Gasteiger partial charge < -0.3 is 15.6 Å². The molecule has 1 aromatic rings. The van der Waals surface area contributed by atoms with E-state index in [1.807, 2.05) is 19.9 Å². The topological polar surface area (TPSA) is 55.5 Å². The Balaban J connectivity index is 2.97. The second-order valence-electron chi connectivity index (χ2n) is 5.62. The molecular formula is C15H24FNO2. The fourth-order valence-electron chi connectivity index (χ4n) is 2.06. The first kappa shape index (κ1) is 16.1. The van der Waals surface area contributed by atoms with Crippen molar-refractivity contribution in [1.29, 1.82) is 0 Å². The van der Waals surface area contributed by atoms with Crippen molar-refractivity contribution < 1.29 is 14.2 Å². The number of aliphatic hydroxyl groups excluding tert-OH is 1. The average molecular weight is 269 g/mol. The first-order valence-corrected chi connectivity index (χ1v) is 6.51. The van der Waals surface area contributed by atoms with E-state index in [4.69, 9.17) is 10.5 Å². The second-order valence-corrected chi connectivity index (χ2v) is 5.62. The molecule has 0 aromatic heterocycles. The lowest BCUT2D eigenvalue weighted by atomic mass is 9.75. The SMILES string of the molecule is COC(C)(C)CCC(CN)(CO)c1cccc(F)c1. The molecule has 3 N–H and O–H groups in total. The molecule has 4 heteroatoms. The molecule has 0 bridgehead atoms. The van der Waals surface area contributed by atoms with Crippen molar-refractivity contribution in [3.05, 3.63) is 35.6 Å². The molecule has 0 aliphatic rings. The lowest BCUT2D eigenvalue weighted by Crippen LogP contribution is -2.41. The lowest BCUT2D eigenvalue weighted by molar-refractivity contribution is 0.00583. The largest absolute Gasteiger partial charge is 0.395 e. The third-order valence-corrected chi connectivity index (χ3v) is 3.89. The number of benzene rings is 1. The van der Waals surface area contributed by atoms with Gasteiger partial charge in [0.05, 0.1) is 12.2 Å². The number of methoxy groups -OCH3 is 1. The highest BCUT2D eigenvalue weighted by atomic mass is 19.1. The van der Waals surface area contributed by atoms with Crippen molar-refractivity contribution in [3.8, 4) is 0 Å². The molecule has 3 nitrogen and oxygen atoms in total. The Kier molecular flexibility index (Phi) is 5.47. The number of rotatable bonds is 7. The van der Waals surface area contributed by atoms with Gasteiger partial charge in [-0.05, 0) is 44.4 Å². The summed E-state index contributed by atoms with van der Waals surface area (Å²) in [6.45, 7) is 4.13. The van der Waals surface area contributed by atoms with E-state index in [2.05, 4.69) is 0 Å². The van der Waals surface area contributed by atoms with Crippen LogP contribution >= 0.6 is 0 Å². The normalized spacial score (nSPS) is 15.3. The van der Waals surface area contributed by atoms with Crippen molar-refractivity contribution in [2.75, 3.05) is 20.3 Å². The zero-order chi connectivity index (χ0) is 14.5. The maximum Gasteiger partial charge on any atom is 0.123 e. The van der Waals surface area contributed by atoms with Gasteiger partial charge in [0.25, 0.3) is 0 Å². The van der Waals surface area contributed by atoms with Crippen LogP contribution in [0, 0.1) is 5.82 Å². The number of ether oxygens (including phenoxy) is 1. The Labute approximate surface area is 114 Å². The van der Waals surface area contributed by atoms with Crippen LogP contribution in [-0.2, 0) is 10.2 Å². The van der Waals surface area contributed by atoms with Crippen LogP contribution in [0.15, 0.2) is 24.3 Å². The molecular weight excluding hydrogens is 245 g/mol. The number of hydrogen-bond donors (Lipinski definition) is 2. The fraction of sp³-hybridized carbons (Fsp3) is 0.600. The molecule has 0 aliphatic carbocycles. The highest BCUT2D eigenvalue weighted by Gasteiger charge is 2.32. The highest BCUT2D eigenvalue weighted by Crippen LogP contribution is 2.32. The molecule has 1 atom stereocenters. The summed E-state index contributed by atoms with van der Waals surface area (Å²) in [6, 6.07) is 6.29. The summed E-state index contributed by atoms with van der Waals surface area (Å²) in [6.07, 6.45) is 1.38. The Morgan fingerprint density at radius 2 is 2.00 bits per heavy atom. The fourth-order valence-corrected chi connectivity index (χ4v) is 2.06. The van der Waals surface area contributed by atoms with Crippen molar-refractivity contribution in [3.63, 3.8) is 0 Å². The second kappa shape index (κ2) is 6.46. The molecule has 0 saturated heterocycles. The molecule has 0 spiro atoms. The third kappa shape index (κ3) is 4.00. The van der Waals surface area contributed by atoms with Crippen LogP contribution in [0.5, 0.6) is 0 Å². The molecule has 108 valence electrons. The molecule has 1 rings (SSSR count). The Morgan fingerprint density at radius 1 is 1.32 bits per heavy atom. The molecule has 0 fully saturated rings. The van der Waals surface area contributed by atoms with Crippen molar-refractivity contribution in [2.24, 2.45) is 5.73 Å². The molecule has 0 heterocycles. The number of aliphatic hydroxyl groups is 1. The van der Waals surface area contributed by atoms with Crippen LogP contribution in [0.1, 0.15) is 32.3 Å². The summed E-state index contributed by atoms with van der Waals surface area (Å²) >= 11 is 0. The number of hydrogen-bond acceptors (Lipinski definition) is 3. The predicted molar refractivity (Wildman–Crippen MR) is 74.5 cm³/mol. The van der Waals surface area contributed by atoms with E-state index < -0.39 is 5.41 Å². The lowest BCUT2D eigenvalue weighted by Gasteiger charge is -2.34. The van der Waals surface area contributed by atoms with Gasteiger partial charge in [0, 0.05) is 19.1 Å². The molecule has 0 aliphatic heterocycles. The predicted octanol–water partition coefficient (Wildman–Crippen LogP) is 2.22. The van der Waals surface area contributed by atoms with Crippen molar-refractivity contribution in [2.45, 2.75) is 37.7 Å². The smallest absolute Gasteiger partial charge is 0.123 e. The zero-order valence-electron chi connectivity index (χ0n) is 11.9. The monoisotopic (exact) mass is 269 g/mol. The zero-order valence-corrected chi connectivity index (χ0v) is 11.9. The summed E-state index contributed by atoms with van der Waals surface area (Å²) in [5.74, 6) is -0.310. The summed E-state index contributed by atoms with van der Waals surface area (Å²) < 4.78 is 18.7. The molecule has 1 unspecified atom stereocenters. The quantitative estimate of drug-likeness (QED) is 0.798. The standard InChI is InChI=1S/C15H24FNO2/c1-14(2,19-3)7-8-15(10-17,11-18)12-5-4-6-13(16)9-12/h4-6,9,18H,7-8,10-11,17H2,1-3H3. The van der Waals surface area contributed by atoms with Gasteiger partial charge in [0.2, 0.25) is 0 Å². The van der Waals surface area contributed by atoms with E-state index in [0.29, 0.717) is 6.42 Å². The minimum Gasteiger partial charge on any atom is -0.395 e. The molecule has 0 saturated carbocycles. The van der Waals surface area contributed by atoms with E-state index in [1.165, 1.54) is 12.1 Å². The van der Waals surface area contributed by atoms with Crippen LogP contribution in [0.3, 0.4) is 0 Å². The number of nitrogens with two attached hydrogens (primary N) is 1. The van der Waals surface area contributed by atoms with E-state index >= 15 is 0 Å². The van der Waals surface area contributed by atoms with Crippen LogP contribution < -0.4 is 5.73 Å². The maximum atomic E-state index is 13.4. The van der Waals surface area contributed by atoms with Gasteiger partial charge in [-0.15, -0.1) is 0 Å². The van der Waals surface area contributed by atoms with Crippen LogP contribution in [-0.4, -0.2) is 31.0 Å². The minimum atomic E-state index is -0.613. The van der Waals surface area contributed by atoms with Crippen LogP contribution in [0.25, 0.3) is 0 Å². The maximum absolute atomic E-state index is 13.4. The van der Waals surface area contributed by atoms with Gasteiger partial charge in [-0.3, -0.25) is 0 Å². The molecule has 0 amide bonds. The Bertz CT molecular complexity index is 403. The van der Waals surface area contributed by atoms with Gasteiger partial charge in [-0.1, -0.05) is 12.1 Å².